The predicted octanol–water partition coefficient (Wildman–Crippen LogP) is 5.45. The van der Waals surface area contributed by atoms with E-state index in [9.17, 15) is 22.8 Å². The Morgan fingerprint density at radius 3 is 2.35 bits per heavy atom. The zero-order chi connectivity index (χ0) is 27.5. The summed E-state index contributed by atoms with van der Waals surface area (Å²) in [6, 6.07) is 10.1. The molecule has 0 saturated carbocycles. The first kappa shape index (κ1) is 28.4. The number of anilines is 1. The van der Waals surface area contributed by atoms with Gasteiger partial charge in [-0.05, 0) is 75.7 Å². The highest BCUT2D eigenvalue weighted by atomic mass is 79.9. The Kier molecular flexibility index (Phi) is 8.83. The van der Waals surface area contributed by atoms with Gasteiger partial charge in [0.2, 0.25) is 5.78 Å². The molecule has 196 valence electrons. The zero-order valence-corrected chi connectivity index (χ0v) is 23.5. The van der Waals surface area contributed by atoms with Gasteiger partial charge < -0.3 is 14.5 Å². The summed E-state index contributed by atoms with van der Waals surface area (Å²) in [5, 5.41) is -0.0521. The molecule has 2 aromatic carbocycles. The summed E-state index contributed by atoms with van der Waals surface area (Å²) in [4.78, 5) is 40.7. The fraction of sp³-hybridized carbons (Fsp3) is 0.240. The quantitative estimate of drug-likeness (QED) is 0.243. The molecule has 0 amide bonds. The Morgan fingerprint density at radius 1 is 1.08 bits per heavy atom. The van der Waals surface area contributed by atoms with E-state index in [1.54, 1.807) is 45.0 Å². The summed E-state index contributed by atoms with van der Waals surface area (Å²) >= 11 is 9.43. The van der Waals surface area contributed by atoms with Crippen LogP contribution in [0.1, 0.15) is 56.3 Å². The van der Waals surface area contributed by atoms with E-state index in [1.165, 1.54) is 19.1 Å². The summed E-state index contributed by atoms with van der Waals surface area (Å²) in [6.45, 7) is 6.42. The van der Waals surface area contributed by atoms with Gasteiger partial charge in [-0.15, -0.1) is 0 Å². The lowest BCUT2D eigenvalue weighted by Gasteiger charge is -2.14. The molecule has 0 bridgehead atoms. The highest BCUT2D eigenvalue weighted by molar-refractivity contribution is 9.10. The minimum atomic E-state index is -4.05. The molecule has 0 aliphatic heterocycles. The number of hydrogen-bond donors (Lipinski definition) is 2. The third-order valence-electron chi connectivity index (χ3n) is 5.38. The first-order valence-electron chi connectivity index (χ1n) is 11.0. The molecule has 0 aliphatic carbocycles. The van der Waals surface area contributed by atoms with Crippen molar-refractivity contribution in [1.82, 2.24) is 4.98 Å². The minimum absolute atomic E-state index is 0.0521. The second-order valence-electron chi connectivity index (χ2n) is 8.01. The largest absolute Gasteiger partial charge is 0.462 e. The van der Waals surface area contributed by atoms with Crippen LogP contribution in [0.2, 0.25) is 5.02 Å². The number of sulfonamides is 1. The molecule has 0 spiro atoms. The molecule has 3 rings (SSSR count). The van der Waals surface area contributed by atoms with Crippen molar-refractivity contribution in [2.75, 3.05) is 11.3 Å². The first-order chi connectivity index (χ1) is 17.4. The van der Waals surface area contributed by atoms with Crippen LogP contribution in [0.25, 0.3) is 0 Å². The van der Waals surface area contributed by atoms with E-state index in [0.29, 0.717) is 16.9 Å². The van der Waals surface area contributed by atoms with Gasteiger partial charge in [0.05, 0.1) is 33.3 Å². The van der Waals surface area contributed by atoms with Gasteiger partial charge in [-0.3, -0.25) is 9.52 Å². The topological polar surface area (TPSA) is 132 Å². The lowest BCUT2D eigenvalue weighted by molar-refractivity contribution is 0.0316. The van der Waals surface area contributed by atoms with Gasteiger partial charge in [-0.2, -0.15) is 0 Å². The molecule has 0 aliphatic rings. The van der Waals surface area contributed by atoms with E-state index in [2.05, 4.69) is 25.6 Å². The summed E-state index contributed by atoms with van der Waals surface area (Å²) in [6.07, 6.45) is -1.27. The summed E-state index contributed by atoms with van der Waals surface area (Å²) in [5.41, 5.74) is 1.24. The second kappa shape index (κ2) is 11.5. The third kappa shape index (κ3) is 6.41. The Labute approximate surface area is 227 Å². The summed E-state index contributed by atoms with van der Waals surface area (Å²) in [7, 11) is -4.05. The molecule has 0 radical (unpaired) electrons. The molecule has 1 heterocycles. The molecule has 37 heavy (non-hydrogen) atoms. The number of aromatic amines is 1. The standard InChI is InChI=1S/C25H24BrClN2O7S/c1-5-35-25(32)21-13(2)22(28-14(21)3)23(30)15(4)36-24(31)19-12-18(10-11-20(19)27)37(33,34)29-17-8-6-16(26)7-9-17/h6-12,15,28-29H,5H2,1-4H3/t15-/m0/s1. The number of halogens is 2. The van der Waals surface area contributed by atoms with E-state index in [0.717, 1.165) is 10.5 Å². The van der Waals surface area contributed by atoms with Crippen LogP contribution < -0.4 is 4.72 Å². The second-order valence-corrected chi connectivity index (χ2v) is 11.0. The van der Waals surface area contributed by atoms with Gasteiger partial charge in [0, 0.05) is 15.9 Å². The molecular weight excluding hydrogens is 588 g/mol. The number of aromatic nitrogens is 1. The van der Waals surface area contributed by atoms with E-state index in [1.807, 2.05) is 0 Å². The molecular formula is C25H24BrClN2O7S. The van der Waals surface area contributed by atoms with Gasteiger partial charge in [0.1, 0.15) is 0 Å². The molecule has 1 aromatic heterocycles. The Bertz CT molecular complexity index is 1470. The van der Waals surface area contributed by atoms with Crippen LogP contribution in [0.4, 0.5) is 5.69 Å². The van der Waals surface area contributed by atoms with Gasteiger partial charge in [-0.1, -0.05) is 27.5 Å². The Balaban J connectivity index is 1.81. The maximum absolute atomic E-state index is 13.0. The van der Waals surface area contributed by atoms with Crippen molar-refractivity contribution in [3.05, 3.63) is 80.0 Å². The van der Waals surface area contributed by atoms with Crippen LogP contribution in [-0.2, 0) is 19.5 Å². The number of carbonyl (C=O) groups excluding carboxylic acids is 3. The van der Waals surface area contributed by atoms with Crippen LogP contribution >= 0.6 is 27.5 Å². The molecule has 9 nitrogen and oxygen atoms in total. The molecule has 2 N–H and O–H groups in total. The number of ether oxygens (including phenoxy) is 2. The van der Waals surface area contributed by atoms with Crippen molar-refractivity contribution in [2.24, 2.45) is 0 Å². The minimum Gasteiger partial charge on any atom is -0.462 e. The monoisotopic (exact) mass is 610 g/mol. The smallest absolute Gasteiger partial charge is 0.340 e. The van der Waals surface area contributed by atoms with E-state index < -0.39 is 33.8 Å². The summed E-state index contributed by atoms with van der Waals surface area (Å²) < 4.78 is 39.2. The zero-order valence-electron chi connectivity index (χ0n) is 20.3. The molecule has 0 unspecified atom stereocenters. The number of aryl methyl sites for hydroxylation is 1. The van der Waals surface area contributed by atoms with Crippen molar-refractivity contribution < 1.29 is 32.3 Å². The van der Waals surface area contributed by atoms with Crippen LogP contribution in [0.15, 0.2) is 51.8 Å². The maximum Gasteiger partial charge on any atom is 0.340 e. The van der Waals surface area contributed by atoms with E-state index in [4.69, 9.17) is 21.1 Å². The average molecular weight is 612 g/mol. The van der Waals surface area contributed by atoms with Gasteiger partial charge >= 0.3 is 11.9 Å². The SMILES string of the molecule is CCOC(=O)c1c(C)[nH]c(C(=O)[C@H](C)OC(=O)c2cc(S(=O)(=O)Nc3ccc(Br)cc3)ccc2Cl)c1C. The van der Waals surface area contributed by atoms with Crippen LogP contribution in [-0.4, -0.2) is 43.8 Å². The molecule has 3 aromatic rings. The van der Waals surface area contributed by atoms with Crippen molar-refractivity contribution in [1.29, 1.82) is 0 Å². The number of nitrogens with one attached hydrogen (secondary N) is 2. The van der Waals surface area contributed by atoms with E-state index >= 15 is 0 Å². The highest BCUT2D eigenvalue weighted by Gasteiger charge is 2.29. The Morgan fingerprint density at radius 2 is 1.73 bits per heavy atom. The number of carbonyl (C=O) groups is 3. The molecule has 12 heteroatoms. The van der Waals surface area contributed by atoms with Gasteiger partial charge in [0.15, 0.2) is 6.10 Å². The first-order valence-corrected chi connectivity index (χ1v) is 13.7. The van der Waals surface area contributed by atoms with Crippen LogP contribution in [0, 0.1) is 13.8 Å². The highest BCUT2D eigenvalue weighted by Crippen LogP contribution is 2.25. The van der Waals surface area contributed by atoms with Gasteiger partial charge in [0.25, 0.3) is 10.0 Å². The van der Waals surface area contributed by atoms with E-state index in [-0.39, 0.29) is 33.3 Å². The fourth-order valence-electron chi connectivity index (χ4n) is 3.55. The lowest BCUT2D eigenvalue weighted by Crippen LogP contribution is -2.25. The number of ketones is 1. The number of rotatable bonds is 9. The third-order valence-corrected chi connectivity index (χ3v) is 7.62. The predicted molar refractivity (Wildman–Crippen MR) is 142 cm³/mol. The summed E-state index contributed by atoms with van der Waals surface area (Å²) in [5.74, 6) is -2.14. The van der Waals surface area contributed by atoms with Crippen molar-refractivity contribution in [3.63, 3.8) is 0 Å². The number of H-pyrrole nitrogens is 1. The van der Waals surface area contributed by atoms with Crippen molar-refractivity contribution in [3.8, 4) is 0 Å². The number of benzene rings is 2. The maximum atomic E-state index is 13.0. The average Bonchev–Trinajstić information content (AvgIpc) is 3.13. The van der Waals surface area contributed by atoms with Gasteiger partial charge in [-0.25, -0.2) is 18.0 Å². The molecule has 0 saturated heterocycles. The van der Waals surface area contributed by atoms with Crippen LogP contribution in [0.5, 0.6) is 0 Å². The molecule has 0 fully saturated rings. The van der Waals surface area contributed by atoms with Crippen molar-refractivity contribution in [2.45, 2.75) is 38.7 Å². The lowest BCUT2D eigenvalue weighted by atomic mass is 10.1. The normalized spacial score (nSPS) is 12.1. The van der Waals surface area contributed by atoms with Crippen LogP contribution in [0.3, 0.4) is 0 Å². The Hall–Kier alpha value is -3.15. The number of hydrogen-bond acceptors (Lipinski definition) is 7. The molecule has 1 atom stereocenters. The van der Waals surface area contributed by atoms with Crippen molar-refractivity contribution >= 4 is 61.0 Å². The number of Topliss-reactive ketones (excluding diaryl/α,β-unsaturated/α-hetero) is 1. The number of esters is 2. The fourth-order valence-corrected chi connectivity index (χ4v) is 5.09.